The Morgan fingerprint density at radius 3 is 2.70 bits per heavy atom. The van der Waals surface area contributed by atoms with E-state index < -0.39 is 11.9 Å². The van der Waals surface area contributed by atoms with E-state index in [9.17, 15) is 9.59 Å². The third kappa shape index (κ3) is 3.03. The van der Waals surface area contributed by atoms with E-state index in [1.54, 1.807) is 6.20 Å². The van der Waals surface area contributed by atoms with Gasteiger partial charge in [0.05, 0.1) is 12.2 Å². The summed E-state index contributed by atoms with van der Waals surface area (Å²) in [4.78, 5) is 26.7. The number of rotatable bonds is 5. The lowest BCUT2D eigenvalue weighted by atomic mass is 10.1. The average molecular weight is 274 g/mol. The zero-order valence-corrected chi connectivity index (χ0v) is 10.9. The van der Waals surface area contributed by atoms with Crippen molar-refractivity contribution in [1.29, 1.82) is 0 Å². The van der Waals surface area contributed by atoms with Gasteiger partial charge in [-0.2, -0.15) is 0 Å². The van der Waals surface area contributed by atoms with Crippen molar-refractivity contribution in [2.75, 3.05) is 0 Å². The van der Waals surface area contributed by atoms with Crippen LogP contribution in [0.4, 0.5) is 0 Å². The molecule has 0 bridgehead atoms. The maximum Gasteiger partial charge on any atom is 0.371 e. The van der Waals surface area contributed by atoms with Crippen molar-refractivity contribution < 1.29 is 19.1 Å². The highest BCUT2D eigenvalue weighted by molar-refractivity contribution is 5.93. The van der Waals surface area contributed by atoms with Crippen LogP contribution in [0.5, 0.6) is 0 Å². The lowest BCUT2D eigenvalue weighted by Gasteiger charge is -2.07. The predicted molar refractivity (Wildman–Crippen MR) is 70.5 cm³/mol. The van der Waals surface area contributed by atoms with Crippen LogP contribution in [-0.2, 0) is 13.0 Å². The minimum atomic E-state index is -1.21. The summed E-state index contributed by atoms with van der Waals surface area (Å²) in [6.45, 7) is 2.28. The normalized spacial score (nSPS) is 10.2. The Morgan fingerprint density at radius 2 is 2.05 bits per heavy atom. The number of furan rings is 1. The van der Waals surface area contributed by atoms with Crippen molar-refractivity contribution in [2.45, 2.75) is 19.9 Å². The van der Waals surface area contributed by atoms with Crippen LogP contribution in [0.1, 0.15) is 39.3 Å². The molecule has 2 aromatic heterocycles. The first-order valence-electron chi connectivity index (χ1n) is 6.16. The van der Waals surface area contributed by atoms with E-state index in [1.807, 2.05) is 19.1 Å². The Kier molecular flexibility index (Phi) is 4.14. The van der Waals surface area contributed by atoms with Gasteiger partial charge >= 0.3 is 5.97 Å². The Labute approximate surface area is 115 Å². The Balaban J connectivity index is 2.03. The third-order valence-electron chi connectivity index (χ3n) is 2.82. The molecule has 6 heteroatoms. The first kappa shape index (κ1) is 13.8. The molecule has 0 aliphatic rings. The van der Waals surface area contributed by atoms with E-state index >= 15 is 0 Å². The molecule has 0 saturated carbocycles. The highest BCUT2D eigenvalue weighted by Crippen LogP contribution is 2.09. The minimum Gasteiger partial charge on any atom is -0.475 e. The van der Waals surface area contributed by atoms with Crippen LogP contribution in [0.25, 0.3) is 0 Å². The van der Waals surface area contributed by atoms with Crippen LogP contribution < -0.4 is 5.32 Å². The molecule has 0 aromatic carbocycles. The Hall–Kier alpha value is -2.63. The maximum absolute atomic E-state index is 11.8. The number of nitrogens with one attached hydrogen (secondary N) is 1. The number of carboxylic acids is 1. The smallest absolute Gasteiger partial charge is 0.371 e. The van der Waals surface area contributed by atoms with E-state index in [0.717, 1.165) is 17.7 Å². The van der Waals surface area contributed by atoms with Crippen molar-refractivity contribution in [3.05, 3.63) is 53.2 Å². The molecule has 2 rings (SSSR count). The molecule has 2 N–H and O–H groups in total. The van der Waals surface area contributed by atoms with E-state index in [0.29, 0.717) is 0 Å². The van der Waals surface area contributed by atoms with Crippen LogP contribution >= 0.6 is 0 Å². The lowest BCUT2D eigenvalue weighted by molar-refractivity contribution is 0.0659. The molecular weight excluding hydrogens is 260 g/mol. The number of hydrogen-bond acceptors (Lipinski definition) is 4. The van der Waals surface area contributed by atoms with Gasteiger partial charge in [0.15, 0.2) is 5.76 Å². The zero-order chi connectivity index (χ0) is 14.5. The second kappa shape index (κ2) is 6.01. The quantitative estimate of drug-likeness (QED) is 0.868. The summed E-state index contributed by atoms with van der Waals surface area (Å²) in [7, 11) is 0. The summed E-state index contributed by atoms with van der Waals surface area (Å²) >= 11 is 0. The molecule has 0 aliphatic heterocycles. The number of carbonyl (C=O) groups is 2. The molecule has 0 aliphatic carbocycles. The number of carboxylic acid groups (broad SMARTS) is 1. The van der Waals surface area contributed by atoms with Crippen LogP contribution in [0.15, 0.2) is 34.9 Å². The van der Waals surface area contributed by atoms with Gasteiger partial charge in [-0.1, -0.05) is 13.0 Å². The zero-order valence-electron chi connectivity index (χ0n) is 10.9. The Morgan fingerprint density at radius 1 is 1.30 bits per heavy atom. The molecule has 1 amide bonds. The molecule has 104 valence electrons. The molecule has 20 heavy (non-hydrogen) atoms. The molecule has 0 radical (unpaired) electrons. The summed E-state index contributed by atoms with van der Waals surface area (Å²) < 4.78 is 4.92. The summed E-state index contributed by atoms with van der Waals surface area (Å²) in [5.74, 6) is -1.97. The molecule has 2 heterocycles. The van der Waals surface area contributed by atoms with Gasteiger partial charge in [-0.15, -0.1) is 0 Å². The van der Waals surface area contributed by atoms with Crippen LogP contribution in [0, 0.1) is 0 Å². The number of aromatic nitrogens is 1. The van der Waals surface area contributed by atoms with Crippen molar-refractivity contribution >= 4 is 11.9 Å². The first-order valence-corrected chi connectivity index (χ1v) is 6.16. The fourth-order valence-electron chi connectivity index (χ4n) is 1.78. The summed E-state index contributed by atoms with van der Waals surface area (Å²) in [6.07, 6.45) is 2.49. The second-order valence-electron chi connectivity index (χ2n) is 4.11. The number of nitrogens with zero attached hydrogens (tertiary/aromatic N) is 1. The maximum atomic E-state index is 11.8. The van der Waals surface area contributed by atoms with E-state index in [-0.39, 0.29) is 18.1 Å². The van der Waals surface area contributed by atoms with E-state index in [1.165, 1.54) is 12.1 Å². The summed E-state index contributed by atoms with van der Waals surface area (Å²) in [6, 6.07) is 6.37. The van der Waals surface area contributed by atoms with Gasteiger partial charge in [0.25, 0.3) is 5.91 Å². The van der Waals surface area contributed by atoms with Gasteiger partial charge in [0.1, 0.15) is 0 Å². The number of amides is 1. The topological polar surface area (TPSA) is 92.4 Å². The molecule has 0 saturated heterocycles. The van der Waals surface area contributed by atoms with Gasteiger partial charge in [-0.05, 0) is 30.2 Å². The van der Waals surface area contributed by atoms with Crippen LogP contribution in [-0.4, -0.2) is 22.0 Å². The summed E-state index contributed by atoms with van der Waals surface area (Å²) in [5.41, 5.74) is 1.84. The largest absolute Gasteiger partial charge is 0.475 e. The molecule has 0 fully saturated rings. The third-order valence-corrected chi connectivity index (χ3v) is 2.82. The fraction of sp³-hybridized carbons (Fsp3) is 0.214. The average Bonchev–Trinajstić information content (AvgIpc) is 2.95. The fourth-order valence-corrected chi connectivity index (χ4v) is 1.78. The van der Waals surface area contributed by atoms with E-state index in [2.05, 4.69) is 10.3 Å². The number of aryl methyl sites for hydroxylation is 1. The van der Waals surface area contributed by atoms with Crippen LogP contribution in [0.3, 0.4) is 0 Å². The molecular formula is C14H14N2O4. The molecule has 0 spiro atoms. The number of carbonyl (C=O) groups excluding carboxylic acids is 1. The number of aromatic carboxylic acids is 1. The van der Waals surface area contributed by atoms with Crippen molar-refractivity contribution in [3.63, 3.8) is 0 Å². The molecule has 0 unspecified atom stereocenters. The van der Waals surface area contributed by atoms with Gasteiger partial charge in [0.2, 0.25) is 5.76 Å². The summed E-state index contributed by atoms with van der Waals surface area (Å²) in [5, 5.41) is 11.4. The monoisotopic (exact) mass is 274 g/mol. The molecule has 2 aromatic rings. The van der Waals surface area contributed by atoms with E-state index in [4.69, 9.17) is 9.52 Å². The first-order chi connectivity index (χ1) is 9.61. The number of pyridine rings is 1. The highest BCUT2D eigenvalue weighted by Gasteiger charge is 2.15. The SMILES string of the molecule is CCc1cccnc1CNC(=O)c1ccc(C(=O)O)o1. The van der Waals surface area contributed by atoms with Gasteiger partial charge in [0, 0.05) is 6.20 Å². The lowest BCUT2D eigenvalue weighted by Crippen LogP contribution is -2.23. The van der Waals surface area contributed by atoms with Gasteiger partial charge in [-0.3, -0.25) is 9.78 Å². The van der Waals surface area contributed by atoms with Crippen molar-refractivity contribution in [2.24, 2.45) is 0 Å². The minimum absolute atomic E-state index is 0.0311. The standard InChI is InChI=1S/C14H14N2O4/c1-2-9-4-3-7-15-10(9)8-16-13(17)11-5-6-12(20-11)14(18)19/h3-7H,2,8H2,1H3,(H,16,17)(H,18,19). The molecule has 6 nitrogen and oxygen atoms in total. The van der Waals surface area contributed by atoms with Crippen molar-refractivity contribution in [3.8, 4) is 0 Å². The predicted octanol–water partition coefficient (Wildman–Crippen LogP) is 1.87. The van der Waals surface area contributed by atoms with Gasteiger partial charge < -0.3 is 14.8 Å². The van der Waals surface area contributed by atoms with Crippen LogP contribution in [0.2, 0.25) is 0 Å². The molecule has 0 atom stereocenters. The second-order valence-corrected chi connectivity index (χ2v) is 4.11. The Bertz CT molecular complexity index is 634. The van der Waals surface area contributed by atoms with Crippen molar-refractivity contribution in [1.82, 2.24) is 10.3 Å². The highest BCUT2D eigenvalue weighted by atomic mass is 16.4. The number of hydrogen-bond donors (Lipinski definition) is 2. The van der Waals surface area contributed by atoms with Gasteiger partial charge in [-0.25, -0.2) is 4.79 Å².